The highest BCUT2D eigenvalue weighted by atomic mass is 32.2. The summed E-state index contributed by atoms with van der Waals surface area (Å²) in [5.41, 5.74) is 1.46. The van der Waals surface area contributed by atoms with Gasteiger partial charge in [-0.25, -0.2) is 0 Å². The first kappa shape index (κ1) is 20.8. The average Bonchev–Trinajstić information content (AvgIpc) is 3.34. The lowest BCUT2D eigenvalue weighted by Gasteiger charge is -2.47. The molecule has 4 rings (SSSR count). The lowest BCUT2D eigenvalue weighted by Crippen LogP contribution is -2.56. The molecule has 0 amide bonds. The maximum Gasteiger partial charge on any atom is 0.281 e. The van der Waals surface area contributed by atoms with Crippen LogP contribution in [0.15, 0.2) is 11.4 Å². The Morgan fingerprint density at radius 2 is 1.86 bits per heavy atom. The van der Waals surface area contributed by atoms with Crippen molar-refractivity contribution in [3.05, 3.63) is 21.9 Å². The minimum Gasteiger partial charge on any atom is -0.299 e. The van der Waals surface area contributed by atoms with Gasteiger partial charge in [0.15, 0.2) is 0 Å². The summed E-state index contributed by atoms with van der Waals surface area (Å²) < 4.78 is 28.1. The molecule has 0 aliphatic carbocycles. The Hall–Kier alpha value is -0.510. The predicted molar refractivity (Wildman–Crippen MR) is 115 cm³/mol. The van der Waals surface area contributed by atoms with Crippen molar-refractivity contribution in [3.63, 3.8) is 0 Å². The third kappa shape index (κ3) is 4.47. The molecule has 0 aromatic carbocycles. The summed E-state index contributed by atoms with van der Waals surface area (Å²) >= 11 is 1.89. The van der Waals surface area contributed by atoms with Gasteiger partial charge in [0.25, 0.3) is 10.2 Å². The standard InChI is InChI=1S/C20H34N4O2S2/c1-21(2)28(25,26)24-11-7-20-18(14-24)6-5-10-23(20)15-19-12-17(16-27-19)13-22-8-3-4-9-22/h12,16,18,20H,3-11,13-15H2,1-2H3/t18-,20+/m1/s1. The molecule has 158 valence electrons. The van der Waals surface area contributed by atoms with Gasteiger partial charge < -0.3 is 0 Å². The van der Waals surface area contributed by atoms with Crippen molar-refractivity contribution in [2.45, 2.75) is 51.2 Å². The number of fused-ring (bicyclic) bond motifs is 1. The van der Waals surface area contributed by atoms with Gasteiger partial charge in [-0.3, -0.25) is 9.80 Å². The largest absolute Gasteiger partial charge is 0.299 e. The highest BCUT2D eigenvalue weighted by molar-refractivity contribution is 7.86. The summed E-state index contributed by atoms with van der Waals surface area (Å²) in [5.74, 6) is 0.459. The highest BCUT2D eigenvalue weighted by Crippen LogP contribution is 2.33. The van der Waals surface area contributed by atoms with E-state index in [1.807, 2.05) is 11.3 Å². The Labute approximate surface area is 174 Å². The number of hydrogen-bond acceptors (Lipinski definition) is 5. The molecule has 8 heteroatoms. The zero-order valence-corrected chi connectivity index (χ0v) is 18.8. The predicted octanol–water partition coefficient (Wildman–Crippen LogP) is 2.44. The van der Waals surface area contributed by atoms with Crippen LogP contribution >= 0.6 is 11.3 Å². The summed E-state index contributed by atoms with van der Waals surface area (Å²) in [5, 5.41) is 2.33. The van der Waals surface area contributed by atoms with Gasteiger partial charge in [0.05, 0.1) is 0 Å². The van der Waals surface area contributed by atoms with Crippen LogP contribution in [0.5, 0.6) is 0 Å². The number of piperidine rings is 2. The second-order valence-electron chi connectivity index (χ2n) is 8.78. The van der Waals surface area contributed by atoms with Gasteiger partial charge in [0.1, 0.15) is 0 Å². The van der Waals surface area contributed by atoms with Gasteiger partial charge in [-0.15, -0.1) is 11.3 Å². The summed E-state index contributed by atoms with van der Waals surface area (Å²) in [6, 6.07) is 2.92. The summed E-state index contributed by atoms with van der Waals surface area (Å²) in [6.07, 6.45) is 5.95. The molecule has 2 atom stereocenters. The smallest absolute Gasteiger partial charge is 0.281 e. The second kappa shape index (κ2) is 8.70. The average molecular weight is 427 g/mol. The molecule has 3 aliphatic heterocycles. The molecular formula is C20H34N4O2S2. The minimum absolute atomic E-state index is 0.459. The molecular weight excluding hydrogens is 392 g/mol. The molecule has 1 aromatic heterocycles. The molecule has 28 heavy (non-hydrogen) atoms. The number of thiophene rings is 1. The second-order valence-corrected chi connectivity index (χ2v) is 11.9. The first-order valence-corrected chi connectivity index (χ1v) is 12.9. The van der Waals surface area contributed by atoms with Gasteiger partial charge in [-0.1, -0.05) is 0 Å². The van der Waals surface area contributed by atoms with Gasteiger partial charge in [-0.2, -0.15) is 17.0 Å². The first-order valence-electron chi connectivity index (χ1n) is 10.6. The Morgan fingerprint density at radius 1 is 1.07 bits per heavy atom. The number of hydrogen-bond donors (Lipinski definition) is 0. The molecule has 0 unspecified atom stereocenters. The van der Waals surface area contributed by atoms with Crippen molar-refractivity contribution < 1.29 is 8.42 Å². The summed E-state index contributed by atoms with van der Waals surface area (Å²) in [7, 11) is -0.0294. The van der Waals surface area contributed by atoms with E-state index >= 15 is 0 Å². The van der Waals surface area contributed by atoms with E-state index < -0.39 is 10.2 Å². The lowest BCUT2D eigenvalue weighted by atomic mass is 9.84. The fraction of sp³-hybridized carbons (Fsp3) is 0.800. The molecule has 6 nitrogen and oxygen atoms in total. The molecule has 0 spiro atoms. The number of nitrogens with zero attached hydrogens (tertiary/aromatic N) is 4. The third-order valence-corrected chi connectivity index (χ3v) is 9.48. The van der Waals surface area contributed by atoms with Gasteiger partial charge in [0.2, 0.25) is 0 Å². The van der Waals surface area contributed by atoms with Crippen molar-refractivity contribution >= 4 is 21.5 Å². The van der Waals surface area contributed by atoms with Crippen LogP contribution in [0.2, 0.25) is 0 Å². The van der Waals surface area contributed by atoms with Crippen LogP contribution in [0, 0.1) is 5.92 Å². The van der Waals surface area contributed by atoms with Crippen molar-refractivity contribution in [1.82, 2.24) is 18.4 Å². The van der Waals surface area contributed by atoms with Crippen LogP contribution in [0.4, 0.5) is 0 Å². The van der Waals surface area contributed by atoms with E-state index in [1.165, 1.54) is 47.1 Å². The van der Waals surface area contributed by atoms with Crippen LogP contribution in [0.25, 0.3) is 0 Å². The van der Waals surface area contributed by atoms with Crippen molar-refractivity contribution in [2.75, 3.05) is 46.8 Å². The van der Waals surface area contributed by atoms with E-state index in [2.05, 4.69) is 21.2 Å². The van der Waals surface area contributed by atoms with E-state index in [1.54, 1.807) is 18.4 Å². The van der Waals surface area contributed by atoms with E-state index in [9.17, 15) is 8.42 Å². The zero-order valence-electron chi connectivity index (χ0n) is 17.2. The van der Waals surface area contributed by atoms with Gasteiger partial charge in [-0.05, 0) is 74.7 Å². The maximum atomic E-state index is 12.5. The highest BCUT2D eigenvalue weighted by Gasteiger charge is 2.40. The van der Waals surface area contributed by atoms with Crippen LogP contribution in [-0.2, 0) is 23.3 Å². The van der Waals surface area contributed by atoms with Crippen LogP contribution < -0.4 is 0 Å². The summed E-state index contributed by atoms with van der Waals surface area (Å²) in [4.78, 5) is 6.64. The molecule has 0 saturated carbocycles. The Bertz CT molecular complexity index is 758. The van der Waals surface area contributed by atoms with Gasteiger partial charge >= 0.3 is 0 Å². The molecule has 3 fully saturated rings. The first-order chi connectivity index (χ1) is 13.4. The van der Waals surface area contributed by atoms with E-state index in [0.717, 1.165) is 32.5 Å². The Balaban J connectivity index is 1.37. The number of likely N-dealkylation sites (tertiary alicyclic amines) is 2. The molecule has 3 aliphatic rings. The molecule has 0 bridgehead atoms. The van der Waals surface area contributed by atoms with E-state index in [-0.39, 0.29) is 0 Å². The van der Waals surface area contributed by atoms with Crippen molar-refractivity contribution in [3.8, 4) is 0 Å². The normalized spacial score (nSPS) is 28.1. The zero-order chi connectivity index (χ0) is 19.7. The topological polar surface area (TPSA) is 47.1 Å². The van der Waals surface area contributed by atoms with E-state index in [0.29, 0.717) is 25.0 Å². The minimum atomic E-state index is -3.29. The quantitative estimate of drug-likeness (QED) is 0.701. The monoisotopic (exact) mass is 426 g/mol. The maximum absolute atomic E-state index is 12.5. The van der Waals surface area contributed by atoms with E-state index in [4.69, 9.17) is 0 Å². The summed E-state index contributed by atoms with van der Waals surface area (Å²) in [6.45, 7) is 7.06. The Kier molecular flexibility index (Phi) is 6.44. The molecule has 0 N–H and O–H groups in total. The van der Waals surface area contributed by atoms with Crippen LogP contribution in [-0.4, -0.2) is 79.7 Å². The van der Waals surface area contributed by atoms with Crippen molar-refractivity contribution in [2.24, 2.45) is 5.92 Å². The SMILES string of the molecule is CN(C)S(=O)(=O)N1CC[C@H]2[C@H](CCCN2Cc2cc(CN3CCCC3)cs2)C1. The fourth-order valence-electron chi connectivity index (χ4n) is 5.10. The lowest BCUT2D eigenvalue weighted by molar-refractivity contribution is 0.0410. The Morgan fingerprint density at radius 3 is 2.61 bits per heavy atom. The van der Waals surface area contributed by atoms with Crippen molar-refractivity contribution in [1.29, 1.82) is 0 Å². The molecule has 0 radical (unpaired) electrons. The van der Waals surface area contributed by atoms with Crippen LogP contribution in [0.1, 0.15) is 42.5 Å². The molecule has 4 heterocycles. The molecule has 3 saturated heterocycles. The number of rotatable bonds is 6. The van der Waals surface area contributed by atoms with Crippen LogP contribution in [0.3, 0.4) is 0 Å². The molecule has 1 aromatic rings. The van der Waals surface area contributed by atoms with Gasteiger partial charge in [0, 0.05) is 51.2 Å². The third-order valence-electron chi connectivity index (χ3n) is 6.61. The fourth-order valence-corrected chi connectivity index (χ4v) is 7.18.